The fourth-order valence-electron chi connectivity index (χ4n) is 1.87. The molecule has 1 aliphatic rings. The topological polar surface area (TPSA) is 80.8 Å². The Bertz CT molecular complexity index is 551. The number of imide groups is 1. The summed E-state index contributed by atoms with van der Waals surface area (Å²) >= 11 is 0. The van der Waals surface area contributed by atoms with Crippen LogP contribution in [0.3, 0.4) is 0 Å². The zero-order valence-electron chi connectivity index (χ0n) is 10.2. The van der Waals surface area contributed by atoms with E-state index >= 15 is 0 Å². The van der Waals surface area contributed by atoms with Crippen LogP contribution in [0.5, 0.6) is 0 Å². The van der Waals surface area contributed by atoms with Crippen molar-refractivity contribution >= 4 is 23.8 Å². The maximum Gasteiger partial charge on any atom is 0.425 e. The average molecular weight is 261 g/mol. The number of hydrogen-bond acceptors (Lipinski definition) is 5. The van der Waals surface area contributed by atoms with E-state index in [1.54, 1.807) is 30.3 Å². The van der Waals surface area contributed by atoms with Gasteiger partial charge in [-0.3, -0.25) is 9.59 Å². The lowest BCUT2D eigenvalue weighted by Gasteiger charge is -2.17. The van der Waals surface area contributed by atoms with Gasteiger partial charge in [0.2, 0.25) is 5.91 Å². The predicted molar refractivity (Wildman–Crippen MR) is 62.8 cm³/mol. The molecule has 1 heterocycles. The summed E-state index contributed by atoms with van der Waals surface area (Å²) < 4.78 is 4.46. The number of cyclic esters (lactones) is 2. The first-order valence-electron chi connectivity index (χ1n) is 5.63. The van der Waals surface area contributed by atoms with Crippen LogP contribution >= 0.6 is 0 Å². The number of amides is 2. The molecule has 0 aliphatic carbocycles. The first kappa shape index (κ1) is 12.9. The maximum absolute atomic E-state index is 11.8. The molecule has 1 saturated heterocycles. The number of rotatable bonds is 3. The van der Waals surface area contributed by atoms with Gasteiger partial charge in [-0.2, -0.15) is 0 Å². The molecule has 0 spiro atoms. The SMILES string of the molecule is CC(=O)CC(=O)N1C(=O)OC(=O)C1c1ccccc1. The molecule has 6 nitrogen and oxygen atoms in total. The Labute approximate surface area is 108 Å². The molecule has 0 saturated carbocycles. The summed E-state index contributed by atoms with van der Waals surface area (Å²) in [5, 5.41) is 0. The quantitative estimate of drug-likeness (QED) is 0.603. The molecule has 0 bridgehead atoms. The van der Waals surface area contributed by atoms with Crippen molar-refractivity contribution in [2.45, 2.75) is 19.4 Å². The van der Waals surface area contributed by atoms with Gasteiger partial charge in [-0.1, -0.05) is 30.3 Å². The Morgan fingerprint density at radius 3 is 2.42 bits per heavy atom. The highest BCUT2D eigenvalue weighted by molar-refractivity contribution is 6.10. The van der Waals surface area contributed by atoms with Gasteiger partial charge < -0.3 is 4.74 Å². The molecule has 6 heteroatoms. The standard InChI is InChI=1S/C13H11NO5/c1-8(15)7-10(16)14-11(12(17)19-13(14)18)9-5-3-2-4-6-9/h2-6,11H,7H2,1H3. The van der Waals surface area contributed by atoms with Gasteiger partial charge in [-0.15, -0.1) is 0 Å². The Hall–Kier alpha value is -2.50. The second-order valence-corrected chi connectivity index (χ2v) is 4.14. The molecule has 19 heavy (non-hydrogen) atoms. The summed E-state index contributed by atoms with van der Waals surface area (Å²) in [7, 11) is 0. The molecule has 98 valence electrons. The summed E-state index contributed by atoms with van der Waals surface area (Å²) in [6.07, 6.45) is -1.48. The monoisotopic (exact) mass is 261 g/mol. The third-order valence-electron chi connectivity index (χ3n) is 2.65. The van der Waals surface area contributed by atoms with Crippen molar-refractivity contribution in [1.29, 1.82) is 0 Å². The first-order chi connectivity index (χ1) is 9.00. The third-order valence-corrected chi connectivity index (χ3v) is 2.65. The van der Waals surface area contributed by atoms with E-state index in [-0.39, 0.29) is 5.78 Å². The summed E-state index contributed by atoms with van der Waals surface area (Å²) in [5.41, 5.74) is 0.468. The second-order valence-electron chi connectivity index (χ2n) is 4.14. The van der Waals surface area contributed by atoms with Crippen LogP contribution in [0.4, 0.5) is 4.79 Å². The largest absolute Gasteiger partial charge is 0.425 e. The molecule has 2 amide bonds. The molecule has 1 fully saturated rings. The van der Waals surface area contributed by atoms with E-state index in [1.165, 1.54) is 6.92 Å². The third kappa shape index (κ3) is 2.52. The summed E-state index contributed by atoms with van der Waals surface area (Å²) in [6, 6.07) is 7.21. The number of carbonyl (C=O) groups excluding carboxylic acids is 4. The van der Waals surface area contributed by atoms with Crippen molar-refractivity contribution in [2.75, 3.05) is 0 Å². The van der Waals surface area contributed by atoms with Crippen molar-refractivity contribution in [3.63, 3.8) is 0 Å². The smallest absolute Gasteiger partial charge is 0.374 e. The van der Waals surface area contributed by atoms with Gasteiger partial charge in [0.1, 0.15) is 5.78 Å². The zero-order valence-corrected chi connectivity index (χ0v) is 10.2. The number of hydrogen-bond donors (Lipinski definition) is 0. The normalized spacial score (nSPS) is 18.4. The van der Waals surface area contributed by atoms with E-state index in [1.807, 2.05) is 0 Å². The number of esters is 1. The van der Waals surface area contributed by atoms with Crippen LogP contribution in [0.25, 0.3) is 0 Å². The number of carbonyl (C=O) groups is 4. The molecule has 0 aromatic heterocycles. The van der Waals surface area contributed by atoms with Crippen LogP contribution in [0.2, 0.25) is 0 Å². The zero-order chi connectivity index (χ0) is 14.0. The molecule has 1 unspecified atom stereocenters. The van der Waals surface area contributed by atoms with Gasteiger partial charge in [-0.25, -0.2) is 14.5 Å². The maximum atomic E-state index is 11.8. The molecule has 1 aliphatic heterocycles. The number of nitrogens with zero attached hydrogens (tertiary/aromatic N) is 1. The van der Waals surface area contributed by atoms with Crippen LogP contribution in [0.15, 0.2) is 30.3 Å². The van der Waals surface area contributed by atoms with E-state index in [2.05, 4.69) is 4.74 Å². The average Bonchev–Trinajstić information content (AvgIpc) is 2.64. The van der Waals surface area contributed by atoms with Gasteiger partial charge in [0.05, 0.1) is 6.42 Å². The van der Waals surface area contributed by atoms with Crippen molar-refractivity contribution in [3.05, 3.63) is 35.9 Å². The highest BCUT2D eigenvalue weighted by Crippen LogP contribution is 2.29. The Morgan fingerprint density at radius 2 is 1.84 bits per heavy atom. The Kier molecular flexibility index (Phi) is 3.41. The molecular formula is C13H11NO5. The van der Waals surface area contributed by atoms with Gasteiger partial charge in [-0.05, 0) is 12.5 Å². The minimum Gasteiger partial charge on any atom is -0.374 e. The van der Waals surface area contributed by atoms with E-state index in [0.717, 1.165) is 0 Å². The molecule has 1 aromatic rings. The van der Waals surface area contributed by atoms with Crippen LogP contribution in [-0.2, 0) is 19.1 Å². The lowest BCUT2D eigenvalue weighted by Crippen LogP contribution is -2.35. The summed E-state index contributed by atoms with van der Waals surface area (Å²) in [6.45, 7) is 1.23. The number of Topliss-reactive ketones (excluding diaryl/α,β-unsaturated/α-hetero) is 1. The van der Waals surface area contributed by atoms with Gasteiger partial charge in [0.25, 0.3) is 0 Å². The fourth-order valence-corrected chi connectivity index (χ4v) is 1.87. The summed E-state index contributed by atoms with van der Waals surface area (Å²) in [5.74, 6) is -1.94. The lowest BCUT2D eigenvalue weighted by molar-refractivity contribution is -0.139. The molecule has 1 atom stereocenters. The van der Waals surface area contributed by atoms with E-state index in [4.69, 9.17) is 0 Å². The fraction of sp³-hybridized carbons (Fsp3) is 0.231. The predicted octanol–water partition coefficient (Wildman–Crippen LogP) is 1.21. The Morgan fingerprint density at radius 1 is 1.21 bits per heavy atom. The van der Waals surface area contributed by atoms with Gasteiger partial charge in [0.15, 0.2) is 6.04 Å². The molecule has 1 aromatic carbocycles. The van der Waals surface area contributed by atoms with Crippen molar-refractivity contribution < 1.29 is 23.9 Å². The minimum atomic E-state index is -1.11. The molecular weight excluding hydrogens is 250 g/mol. The summed E-state index contributed by atoms with van der Waals surface area (Å²) in [4.78, 5) is 46.7. The van der Waals surface area contributed by atoms with E-state index in [9.17, 15) is 19.2 Å². The highest BCUT2D eigenvalue weighted by atomic mass is 16.6. The molecule has 0 radical (unpaired) electrons. The number of ketones is 1. The van der Waals surface area contributed by atoms with Crippen LogP contribution in [0.1, 0.15) is 24.9 Å². The number of ether oxygens (including phenoxy) is 1. The molecule has 2 rings (SSSR count). The van der Waals surface area contributed by atoms with Crippen LogP contribution < -0.4 is 0 Å². The molecule has 0 N–H and O–H groups in total. The number of benzene rings is 1. The first-order valence-corrected chi connectivity index (χ1v) is 5.63. The van der Waals surface area contributed by atoms with Crippen molar-refractivity contribution in [3.8, 4) is 0 Å². The minimum absolute atomic E-state index is 0.385. The Balaban J connectivity index is 2.34. The van der Waals surface area contributed by atoms with Crippen LogP contribution in [-0.4, -0.2) is 28.7 Å². The van der Waals surface area contributed by atoms with Crippen molar-refractivity contribution in [1.82, 2.24) is 4.90 Å². The van der Waals surface area contributed by atoms with E-state index < -0.39 is 30.4 Å². The van der Waals surface area contributed by atoms with Gasteiger partial charge in [0, 0.05) is 0 Å². The second kappa shape index (κ2) is 5.01. The highest BCUT2D eigenvalue weighted by Gasteiger charge is 2.45. The van der Waals surface area contributed by atoms with Crippen LogP contribution in [0, 0.1) is 0 Å². The van der Waals surface area contributed by atoms with Gasteiger partial charge >= 0.3 is 12.1 Å². The van der Waals surface area contributed by atoms with Crippen molar-refractivity contribution in [2.24, 2.45) is 0 Å². The lowest BCUT2D eigenvalue weighted by atomic mass is 10.1. The van der Waals surface area contributed by atoms with E-state index in [0.29, 0.717) is 10.5 Å².